The van der Waals surface area contributed by atoms with Crippen LogP contribution in [-0.2, 0) is 29.4 Å². The van der Waals surface area contributed by atoms with Crippen LogP contribution >= 0.6 is 24.0 Å². The summed E-state index contributed by atoms with van der Waals surface area (Å²) in [5.74, 6) is 3.26. The fraction of sp³-hybridized carbons (Fsp3) is 0.850. The number of aliphatic imine (C=N–C) groups is 1. The summed E-state index contributed by atoms with van der Waals surface area (Å²) in [7, 11) is -1.32. The summed E-state index contributed by atoms with van der Waals surface area (Å²) in [6, 6.07) is 0.247. The highest BCUT2D eigenvalue weighted by molar-refractivity contribution is 14.0. The molecule has 0 unspecified atom stereocenters. The third-order valence-electron chi connectivity index (χ3n) is 5.93. The maximum Gasteiger partial charge on any atom is 0.214 e. The first-order valence-electron chi connectivity index (χ1n) is 11.4. The van der Waals surface area contributed by atoms with Gasteiger partial charge in [0.05, 0.1) is 5.75 Å². The monoisotopic (exact) mass is 567 g/mol. The van der Waals surface area contributed by atoms with E-state index in [1.54, 1.807) is 11.4 Å². The Hall–Kier alpha value is -0.950. The number of hydrogen-bond acceptors (Lipinski definition) is 5. The number of halogens is 1. The van der Waals surface area contributed by atoms with Crippen molar-refractivity contribution in [3.05, 3.63) is 11.6 Å². The Morgan fingerprint density at radius 3 is 2.65 bits per heavy atom. The van der Waals surface area contributed by atoms with Gasteiger partial charge in [-0.15, -0.1) is 34.2 Å². The zero-order valence-electron chi connectivity index (χ0n) is 18.8. The van der Waals surface area contributed by atoms with Gasteiger partial charge in [-0.25, -0.2) is 12.7 Å². The van der Waals surface area contributed by atoms with E-state index in [0.717, 1.165) is 62.8 Å². The van der Waals surface area contributed by atoms with Gasteiger partial charge in [-0.2, -0.15) is 0 Å². The molecule has 2 aliphatic rings. The molecule has 1 aromatic heterocycles. The molecule has 11 heteroatoms. The average Bonchev–Trinajstić information content (AvgIpc) is 2.96. The Morgan fingerprint density at radius 1 is 1.16 bits per heavy atom. The van der Waals surface area contributed by atoms with E-state index in [1.165, 1.54) is 19.3 Å². The zero-order chi connectivity index (χ0) is 21.4. The second kappa shape index (κ2) is 12.9. The summed E-state index contributed by atoms with van der Waals surface area (Å²) in [6.45, 7) is 4.91. The number of aryl methyl sites for hydroxylation is 2. The summed E-state index contributed by atoms with van der Waals surface area (Å²) < 4.78 is 28.4. The molecule has 2 aliphatic heterocycles. The maximum absolute atomic E-state index is 12.2. The van der Waals surface area contributed by atoms with E-state index in [9.17, 15) is 8.42 Å². The van der Waals surface area contributed by atoms with Crippen LogP contribution in [0.5, 0.6) is 0 Å². The van der Waals surface area contributed by atoms with Crippen LogP contribution in [0.2, 0.25) is 0 Å². The molecule has 0 atom stereocenters. The molecule has 2 N–H and O–H groups in total. The molecule has 1 saturated heterocycles. The van der Waals surface area contributed by atoms with E-state index in [0.29, 0.717) is 19.5 Å². The third kappa shape index (κ3) is 7.55. The molecule has 3 rings (SSSR count). The first kappa shape index (κ1) is 26.3. The van der Waals surface area contributed by atoms with Crippen LogP contribution < -0.4 is 10.6 Å². The van der Waals surface area contributed by atoms with Gasteiger partial charge >= 0.3 is 0 Å². The van der Waals surface area contributed by atoms with Gasteiger partial charge in [0.15, 0.2) is 5.96 Å². The quantitative estimate of drug-likeness (QED) is 0.215. The summed E-state index contributed by atoms with van der Waals surface area (Å²) in [5, 5.41) is 15.6. The lowest BCUT2D eigenvalue weighted by atomic mass is 10.1. The number of guanidine groups is 1. The van der Waals surface area contributed by atoms with Crippen LogP contribution in [0, 0.1) is 0 Å². The lowest BCUT2D eigenvalue weighted by molar-refractivity contribution is 0.306. The van der Waals surface area contributed by atoms with Crippen molar-refractivity contribution in [1.82, 2.24) is 29.7 Å². The van der Waals surface area contributed by atoms with E-state index < -0.39 is 10.0 Å². The van der Waals surface area contributed by atoms with Gasteiger partial charge in [0.2, 0.25) is 10.0 Å². The number of piperidine rings is 1. The molecule has 0 spiro atoms. The number of nitrogens with zero attached hydrogens (tertiary/aromatic N) is 5. The fourth-order valence-electron chi connectivity index (χ4n) is 4.24. The molecule has 0 saturated carbocycles. The van der Waals surface area contributed by atoms with Crippen molar-refractivity contribution in [2.75, 3.05) is 32.4 Å². The number of sulfonamides is 1. The SMILES string of the molecule is CCCS(=O)(=O)N1CCC(NC(=NC)NCCCc2nnc3n2CCCCC3)CC1.I. The van der Waals surface area contributed by atoms with Crippen molar-refractivity contribution in [3.63, 3.8) is 0 Å². The average molecular weight is 568 g/mol. The second-order valence-corrected chi connectivity index (χ2v) is 10.3. The smallest absolute Gasteiger partial charge is 0.214 e. The van der Waals surface area contributed by atoms with Gasteiger partial charge in [-0.1, -0.05) is 13.3 Å². The topological polar surface area (TPSA) is 105 Å². The lowest BCUT2D eigenvalue weighted by Gasteiger charge is -2.32. The summed E-state index contributed by atoms with van der Waals surface area (Å²) in [6.07, 6.45) is 8.88. The zero-order valence-corrected chi connectivity index (χ0v) is 22.0. The standard InChI is InChI=1S/C20H37N7O2S.HI/c1-3-16-30(28,29)26-14-10-17(11-15-26)23-20(21-2)22-12-7-9-19-25-24-18-8-5-4-6-13-27(18)19;/h17H,3-16H2,1-2H3,(H2,21,22,23);1H. The van der Waals surface area contributed by atoms with Crippen molar-refractivity contribution in [3.8, 4) is 0 Å². The minimum Gasteiger partial charge on any atom is -0.356 e. The highest BCUT2D eigenvalue weighted by Gasteiger charge is 2.27. The van der Waals surface area contributed by atoms with Crippen molar-refractivity contribution < 1.29 is 8.42 Å². The number of nitrogens with one attached hydrogen (secondary N) is 2. The number of hydrogen-bond donors (Lipinski definition) is 2. The van der Waals surface area contributed by atoms with E-state index in [1.807, 2.05) is 6.92 Å². The lowest BCUT2D eigenvalue weighted by Crippen LogP contribution is -2.50. The molecule has 0 radical (unpaired) electrons. The van der Waals surface area contributed by atoms with Crippen molar-refractivity contribution in [1.29, 1.82) is 0 Å². The molecular formula is C20H38IN7O2S. The van der Waals surface area contributed by atoms with Crippen LogP contribution in [0.15, 0.2) is 4.99 Å². The van der Waals surface area contributed by atoms with E-state index >= 15 is 0 Å². The van der Waals surface area contributed by atoms with E-state index in [4.69, 9.17) is 0 Å². The summed E-state index contributed by atoms with van der Waals surface area (Å²) >= 11 is 0. The predicted octanol–water partition coefficient (Wildman–Crippen LogP) is 1.92. The largest absolute Gasteiger partial charge is 0.356 e. The van der Waals surface area contributed by atoms with Gasteiger partial charge in [-0.3, -0.25) is 4.99 Å². The molecule has 31 heavy (non-hydrogen) atoms. The van der Waals surface area contributed by atoms with Crippen LogP contribution in [-0.4, -0.2) is 71.9 Å². The van der Waals surface area contributed by atoms with Crippen molar-refractivity contribution in [2.45, 2.75) is 77.3 Å². The molecule has 1 aromatic rings. The molecule has 0 aliphatic carbocycles. The van der Waals surface area contributed by atoms with Crippen LogP contribution in [0.3, 0.4) is 0 Å². The Kier molecular flexibility index (Phi) is 11.0. The maximum atomic E-state index is 12.2. The predicted molar refractivity (Wildman–Crippen MR) is 134 cm³/mol. The molecule has 3 heterocycles. The Labute approximate surface area is 203 Å². The molecule has 1 fully saturated rings. The van der Waals surface area contributed by atoms with Gasteiger partial charge in [0.25, 0.3) is 0 Å². The molecule has 0 amide bonds. The first-order chi connectivity index (χ1) is 14.5. The summed E-state index contributed by atoms with van der Waals surface area (Å²) in [5.41, 5.74) is 0. The van der Waals surface area contributed by atoms with Crippen LogP contribution in [0.25, 0.3) is 0 Å². The third-order valence-corrected chi connectivity index (χ3v) is 8.01. The number of fused-ring (bicyclic) bond motifs is 1. The first-order valence-corrected chi connectivity index (χ1v) is 13.0. The Bertz CT molecular complexity index is 804. The molecule has 0 aromatic carbocycles. The van der Waals surface area contributed by atoms with E-state index in [-0.39, 0.29) is 35.8 Å². The molecular weight excluding hydrogens is 529 g/mol. The number of rotatable bonds is 8. The molecule has 178 valence electrons. The molecule has 0 bridgehead atoms. The van der Waals surface area contributed by atoms with Gasteiger partial charge in [-0.05, 0) is 38.5 Å². The van der Waals surface area contributed by atoms with Gasteiger partial charge in [0.1, 0.15) is 11.6 Å². The normalized spacial score (nSPS) is 18.7. The highest BCUT2D eigenvalue weighted by Crippen LogP contribution is 2.16. The minimum absolute atomic E-state index is 0. The Balaban J connectivity index is 0.00000341. The fourth-order valence-corrected chi connectivity index (χ4v) is 5.78. The van der Waals surface area contributed by atoms with E-state index in [2.05, 4.69) is 30.4 Å². The van der Waals surface area contributed by atoms with Gasteiger partial charge < -0.3 is 15.2 Å². The Morgan fingerprint density at radius 2 is 1.94 bits per heavy atom. The highest BCUT2D eigenvalue weighted by atomic mass is 127. The van der Waals surface area contributed by atoms with Crippen LogP contribution in [0.4, 0.5) is 0 Å². The second-order valence-electron chi connectivity index (χ2n) is 8.23. The summed E-state index contributed by atoms with van der Waals surface area (Å²) in [4.78, 5) is 4.33. The minimum atomic E-state index is -3.09. The van der Waals surface area contributed by atoms with Gasteiger partial charge in [0, 0.05) is 52.1 Å². The number of aromatic nitrogens is 3. The van der Waals surface area contributed by atoms with Crippen molar-refractivity contribution in [2.24, 2.45) is 4.99 Å². The van der Waals surface area contributed by atoms with Crippen molar-refractivity contribution >= 4 is 40.0 Å². The molecule has 9 nitrogen and oxygen atoms in total. The van der Waals surface area contributed by atoms with Crippen LogP contribution in [0.1, 0.15) is 63.5 Å².